The third-order valence-corrected chi connectivity index (χ3v) is 4.93. The second-order valence-electron chi connectivity index (χ2n) is 6.02. The first-order valence-corrected chi connectivity index (χ1v) is 8.79. The van der Waals surface area contributed by atoms with Crippen molar-refractivity contribution >= 4 is 27.6 Å². The average Bonchev–Trinajstić information content (AvgIpc) is 3.31. The summed E-state index contributed by atoms with van der Waals surface area (Å²) in [6.45, 7) is 8.77. The van der Waals surface area contributed by atoms with Crippen LogP contribution in [0.25, 0.3) is 0 Å². The SMILES string of the molecule is CCCNc1ncnc(N2CCN(CC3CC3)CC2)c1Br. The van der Waals surface area contributed by atoms with Gasteiger partial charge in [-0.3, -0.25) is 4.90 Å². The number of rotatable bonds is 6. The Morgan fingerprint density at radius 3 is 2.67 bits per heavy atom. The molecule has 2 aliphatic rings. The maximum atomic E-state index is 4.48. The second-order valence-corrected chi connectivity index (χ2v) is 6.81. The highest BCUT2D eigenvalue weighted by molar-refractivity contribution is 9.10. The summed E-state index contributed by atoms with van der Waals surface area (Å²) in [7, 11) is 0. The summed E-state index contributed by atoms with van der Waals surface area (Å²) in [5.74, 6) is 2.91. The lowest BCUT2D eigenvalue weighted by molar-refractivity contribution is 0.247. The standard InChI is InChI=1S/C15H24BrN5/c1-2-5-17-14-13(16)15(19-11-18-14)21-8-6-20(7-9-21)10-12-3-4-12/h11-12H,2-10H2,1H3,(H,17,18,19). The molecule has 0 spiro atoms. The summed E-state index contributed by atoms with van der Waals surface area (Å²) < 4.78 is 0.995. The molecule has 0 amide bonds. The fourth-order valence-corrected chi connectivity index (χ4v) is 3.35. The third kappa shape index (κ3) is 3.86. The van der Waals surface area contributed by atoms with Gasteiger partial charge < -0.3 is 10.2 Å². The highest BCUT2D eigenvalue weighted by Gasteiger charge is 2.27. The van der Waals surface area contributed by atoms with Gasteiger partial charge in [0.15, 0.2) is 0 Å². The minimum atomic E-state index is 0.905. The van der Waals surface area contributed by atoms with Gasteiger partial charge in [0.2, 0.25) is 0 Å². The molecule has 0 unspecified atom stereocenters. The number of halogens is 1. The predicted molar refractivity (Wildman–Crippen MR) is 89.9 cm³/mol. The molecule has 1 aliphatic carbocycles. The van der Waals surface area contributed by atoms with Gasteiger partial charge in [0.05, 0.1) is 0 Å². The van der Waals surface area contributed by atoms with Crippen LogP contribution in [-0.4, -0.2) is 54.1 Å². The number of hydrogen-bond donors (Lipinski definition) is 1. The first-order chi connectivity index (χ1) is 10.3. The van der Waals surface area contributed by atoms with Gasteiger partial charge in [-0.15, -0.1) is 0 Å². The molecule has 0 aromatic carbocycles. The van der Waals surface area contributed by atoms with Crippen LogP contribution in [0.5, 0.6) is 0 Å². The Labute approximate surface area is 135 Å². The van der Waals surface area contributed by atoms with Gasteiger partial charge in [0.1, 0.15) is 22.4 Å². The van der Waals surface area contributed by atoms with Gasteiger partial charge in [-0.1, -0.05) is 6.92 Å². The maximum absolute atomic E-state index is 4.48. The molecule has 21 heavy (non-hydrogen) atoms. The van der Waals surface area contributed by atoms with E-state index in [0.717, 1.165) is 61.2 Å². The molecule has 116 valence electrons. The van der Waals surface area contributed by atoms with Crippen molar-refractivity contribution in [3.63, 3.8) is 0 Å². The van der Waals surface area contributed by atoms with Crippen LogP contribution in [0.15, 0.2) is 10.8 Å². The van der Waals surface area contributed by atoms with Crippen LogP contribution < -0.4 is 10.2 Å². The third-order valence-electron chi connectivity index (χ3n) is 4.20. The van der Waals surface area contributed by atoms with Crippen molar-refractivity contribution in [2.45, 2.75) is 26.2 Å². The highest BCUT2D eigenvalue weighted by atomic mass is 79.9. The molecule has 6 heteroatoms. The van der Waals surface area contributed by atoms with E-state index in [0.29, 0.717) is 0 Å². The molecular weight excluding hydrogens is 330 g/mol. The highest BCUT2D eigenvalue weighted by Crippen LogP contribution is 2.32. The van der Waals surface area contributed by atoms with E-state index in [2.05, 4.69) is 47.9 Å². The number of aromatic nitrogens is 2. The smallest absolute Gasteiger partial charge is 0.148 e. The number of nitrogens with zero attached hydrogens (tertiary/aromatic N) is 4. The van der Waals surface area contributed by atoms with Gasteiger partial charge in [-0.25, -0.2) is 9.97 Å². The van der Waals surface area contributed by atoms with Crippen molar-refractivity contribution in [1.82, 2.24) is 14.9 Å². The topological polar surface area (TPSA) is 44.3 Å². The van der Waals surface area contributed by atoms with E-state index in [4.69, 9.17) is 0 Å². The Balaban J connectivity index is 1.61. The molecule has 1 aromatic rings. The number of hydrogen-bond acceptors (Lipinski definition) is 5. The lowest BCUT2D eigenvalue weighted by Gasteiger charge is -2.35. The van der Waals surface area contributed by atoms with Crippen molar-refractivity contribution in [2.24, 2.45) is 5.92 Å². The Morgan fingerprint density at radius 2 is 2.00 bits per heavy atom. The summed E-state index contributed by atoms with van der Waals surface area (Å²) >= 11 is 3.67. The van der Waals surface area contributed by atoms with Crippen molar-refractivity contribution in [3.8, 4) is 0 Å². The molecule has 1 saturated carbocycles. The summed E-state index contributed by atoms with van der Waals surface area (Å²) in [5.41, 5.74) is 0. The largest absolute Gasteiger partial charge is 0.369 e. The van der Waals surface area contributed by atoms with Gasteiger partial charge in [-0.05, 0) is 41.1 Å². The minimum Gasteiger partial charge on any atom is -0.369 e. The zero-order valence-electron chi connectivity index (χ0n) is 12.7. The van der Waals surface area contributed by atoms with Crippen molar-refractivity contribution in [3.05, 3.63) is 10.8 Å². The molecule has 0 bridgehead atoms. The van der Waals surface area contributed by atoms with Gasteiger partial charge in [-0.2, -0.15) is 0 Å². The second kappa shape index (κ2) is 6.92. The lowest BCUT2D eigenvalue weighted by atomic mass is 10.2. The number of anilines is 2. The minimum absolute atomic E-state index is 0.905. The van der Waals surface area contributed by atoms with E-state index in [-0.39, 0.29) is 0 Å². The zero-order valence-corrected chi connectivity index (χ0v) is 14.3. The summed E-state index contributed by atoms with van der Waals surface area (Å²) in [6, 6.07) is 0. The molecule has 2 heterocycles. The number of piperazine rings is 1. The Morgan fingerprint density at radius 1 is 1.24 bits per heavy atom. The predicted octanol–water partition coefficient (Wildman–Crippen LogP) is 2.59. The summed E-state index contributed by atoms with van der Waals surface area (Å²) in [6.07, 6.45) is 5.62. The van der Waals surface area contributed by atoms with Crippen LogP contribution in [0, 0.1) is 5.92 Å². The molecule has 2 fully saturated rings. The van der Waals surface area contributed by atoms with Gasteiger partial charge in [0, 0.05) is 39.3 Å². The molecule has 0 radical (unpaired) electrons. The fraction of sp³-hybridized carbons (Fsp3) is 0.733. The zero-order chi connectivity index (χ0) is 14.7. The molecular formula is C15H24BrN5. The van der Waals surface area contributed by atoms with Crippen LogP contribution in [0.1, 0.15) is 26.2 Å². The first kappa shape index (κ1) is 15.0. The van der Waals surface area contributed by atoms with E-state index in [1.165, 1.54) is 19.4 Å². The van der Waals surface area contributed by atoms with Crippen LogP contribution in [0.3, 0.4) is 0 Å². The molecule has 0 atom stereocenters. The van der Waals surface area contributed by atoms with E-state index >= 15 is 0 Å². The fourth-order valence-electron chi connectivity index (χ4n) is 2.76. The van der Waals surface area contributed by atoms with E-state index in [9.17, 15) is 0 Å². The molecule has 3 rings (SSSR count). The molecule has 1 N–H and O–H groups in total. The van der Waals surface area contributed by atoms with Gasteiger partial charge in [0.25, 0.3) is 0 Å². The molecule has 1 aromatic heterocycles. The van der Waals surface area contributed by atoms with E-state index in [1.807, 2.05) is 0 Å². The van der Waals surface area contributed by atoms with Crippen molar-refractivity contribution in [1.29, 1.82) is 0 Å². The monoisotopic (exact) mass is 353 g/mol. The Bertz CT molecular complexity index is 469. The Hall–Kier alpha value is -0.880. The van der Waals surface area contributed by atoms with Crippen molar-refractivity contribution < 1.29 is 0 Å². The maximum Gasteiger partial charge on any atom is 0.148 e. The van der Waals surface area contributed by atoms with Crippen LogP contribution in [0.2, 0.25) is 0 Å². The van der Waals surface area contributed by atoms with E-state index < -0.39 is 0 Å². The Kier molecular flexibility index (Phi) is 4.95. The number of nitrogens with one attached hydrogen (secondary N) is 1. The summed E-state index contributed by atoms with van der Waals surface area (Å²) in [4.78, 5) is 13.8. The van der Waals surface area contributed by atoms with Crippen molar-refractivity contribution in [2.75, 3.05) is 49.5 Å². The molecule has 5 nitrogen and oxygen atoms in total. The van der Waals surface area contributed by atoms with Crippen LogP contribution in [-0.2, 0) is 0 Å². The van der Waals surface area contributed by atoms with Crippen LogP contribution >= 0.6 is 15.9 Å². The quantitative estimate of drug-likeness (QED) is 0.851. The van der Waals surface area contributed by atoms with Crippen LogP contribution in [0.4, 0.5) is 11.6 Å². The normalized spacial score (nSPS) is 19.8. The van der Waals surface area contributed by atoms with E-state index in [1.54, 1.807) is 6.33 Å². The molecule has 1 saturated heterocycles. The lowest BCUT2D eigenvalue weighted by Crippen LogP contribution is -2.47. The molecule has 1 aliphatic heterocycles. The summed E-state index contributed by atoms with van der Waals surface area (Å²) in [5, 5.41) is 3.35. The average molecular weight is 354 g/mol. The van der Waals surface area contributed by atoms with Gasteiger partial charge >= 0.3 is 0 Å². The first-order valence-electron chi connectivity index (χ1n) is 7.99.